The first-order valence-electron chi connectivity index (χ1n) is 7.36. The van der Waals surface area contributed by atoms with Crippen LogP contribution in [0.1, 0.15) is 0 Å². The van der Waals surface area contributed by atoms with Crippen LogP contribution in [-0.2, 0) is 0 Å². The average molecular weight is 364 g/mol. The molecule has 0 aliphatic carbocycles. The minimum absolute atomic E-state index is 0.0981. The van der Waals surface area contributed by atoms with Gasteiger partial charge in [0, 0.05) is 0 Å². The first-order chi connectivity index (χ1) is 11.9. The molecule has 3 rings (SSSR count). The maximum Gasteiger partial charge on any atom is 0.492 e. The molecule has 3 aromatic carbocycles. The summed E-state index contributed by atoms with van der Waals surface area (Å²) in [7, 11) is -5.37. The normalized spacial score (nSPS) is 12.2. The van der Waals surface area contributed by atoms with Crippen LogP contribution < -0.4 is 15.9 Å². The van der Waals surface area contributed by atoms with Gasteiger partial charge in [-0.15, -0.1) is 4.39 Å². The van der Waals surface area contributed by atoms with Crippen LogP contribution >= 0.6 is 7.22 Å². The number of carbonyl (C=O) groups is 1. The molecule has 0 amide bonds. The Morgan fingerprint density at radius 2 is 0.840 bits per heavy atom. The Morgan fingerprint density at radius 1 is 0.640 bits per heavy atom. The van der Waals surface area contributed by atoms with Gasteiger partial charge in [-0.1, -0.05) is 0 Å². The Bertz CT molecular complexity index is 718. The second-order valence-corrected chi connectivity index (χ2v) is 8.53. The summed E-state index contributed by atoms with van der Waals surface area (Å²) >= 11 is 0. The van der Waals surface area contributed by atoms with Gasteiger partial charge in [-0.25, -0.2) is 4.79 Å². The van der Waals surface area contributed by atoms with Gasteiger partial charge in [0.15, 0.2) is 0 Å². The van der Waals surface area contributed by atoms with Crippen LogP contribution in [0.15, 0.2) is 91.0 Å². The molecule has 130 valence electrons. The summed E-state index contributed by atoms with van der Waals surface area (Å²) in [5, 5.41) is 7.04. The summed E-state index contributed by atoms with van der Waals surface area (Å²) in [5.41, 5.74) is 0. The van der Waals surface area contributed by atoms with Crippen LogP contribution in [0.2, 0.25) is 0 Å². The van der Waals surface area contributed by atoms with Gasteiger partial charge >= 0.3 is 129 Å². The van der Waals surface area contributed by atoms with Crippen molar-refractivity contribution in [2.24, 2.45) is 0 Å². The van der Waals surface area contributed by atoms with Crippen LogP contribution in [0.5, 0.6) is 0 Å². The maximum atomic E-state index is 16.1. The summed E-state index contributed by atoms with van der Waals surface area (Å²) in [6.45, 7) is 0. The SMILES string of the molecule is FP(F)(c1ccccc1)(c1ccccc1)c1ccccc1.O=C(O)F. The second kappa shape index (κ2) is 7.49. The van der Waals surface area contributed by atoms with Crippen LogP contribution in [-0.4, -0.2) is 11.3 Å². The smallest absolute Gasteiger partial charge is 0.456 e. The zero-order valence-corrected chi connectivity index (χ0v) is 14.0. The number of halogens is 3. The Labute approximate surface area is 143 Å². The largest absolute Gasteiger partial charge is 0.492 e. The fourth-order valence-electron chi connectivity index (χ4n) is 2.52. The van der Waals surface area contributed by atoms with E-state index in [2.05, 4.69) is 0 Å². The molecule has 0 saturated heterocycles. The van der Waals surface area contributed by atoms with Gasteiger partial charge in [-0.3, -0.25) is 0 Å². The van der Waals surface area contributed by atoms with Crippen LogP contribution in [0.3, 0.4) is 0 Å². The molecule has 0 unspecified atom stereocenters. The summed E-state index contributed by atoms with van der Waals surface area (Å²) in [6, 6.07) is 24.4. The Balaban J connectivity index is 0.000000511. The summed E-state index contributed by atoms with van der Waals surface area (Å²) in [5.74, 6) is 0. The van der Waals surface area contributed by atoms with Crippen molar-refractivity contribution < 1.29 is 22.7 Å². The van der Waals surface area contributed by atoms with Crippen molar-refractivity contribution in [2.75, 3.05) is 0 Å². The van der Waals surface area contributed by atoms with Gasteiger partial charge in [0.2, 0.25) is 0 Å². The van der Waals surface area contributed by atoms with Gasteiger partial charge in [0.25, 0.3) is 0 Å². The summed E-state index contributed by atoms with van der Waals surface area (Å²) < 4.78 is 42.2. The van der Waals surface area contributed by atoms with Crippen molar-refractivity contribution in [2.45, 2.75) is 0 Å². The fourth-order valence-corrected chi connectivity index (χ4v) is 5.50. The Hall–Kier alpha value is -2.65. The molecule has 0 heterocycles. The molecule has 6 heteroatoms. The van der Waals surface area contributed by atoms with Crippen molar-refractivity contribution >= 4 is 29.4 Å². The van der Waals surface area contributed by atoms with Gasteiger partial charge in [-0.05, 0) is 0 Å². The molecule has 0 atom stereocenters. The van der Waals surface area contributed by atoms with Crippen molar-refractivity contribution in [1.82, 2.24) is 0 Å². The minimum Gasteiger partial charge on any atom is -0.456 e. The van der Waals surface area contributed by atoms with Gasteiger partial charge in [0.05, 0.1) is 0 Å². The average Bonchev–Trinajstić information content (AvgIpc) is 2.64. The van der Waals surface area contributed by atoms with Gasteiger partial charge < -0.3 is 5.11 Å². The molecule has 0 fully saturated rings. The molecule has 0 saturated carbocycles. The number of rotatable bonds is 3. The first-order valence-corrected chi connectivity index (χ1v) is 9.38. The Kier molecular flexibility index (Phi) is 5.60. The molecule has 3 aromatic rings. The zero-order valence-electron chi connectivity index (χ0n) is 13.1. The van der Waals surface area contributed by atoms with Crippen molar-refractivity contribution in [3.05, 3.63) is 91.0 Å². The van der Waals surface area contributed by atoms with E-state index in [1.165, 1.54) is 36.4 Å². The molecular formula is C19H16F3O2P. The summed E-state index contributed by atoms with van der Waals surface area (Å²) in [4.78, 5) is 8.33. The predicted molar refractivity (Wildman–Crippen MR) is 96.5 cm³/mol. The molecule has 0 aliphatic rings. The molecule has 0 spiro atoms. The number of benzene rings is 3. The van der Waals surface area contributed by atoms with Crippen molar-refractivity contribution in [3.63, 3.8) is 0 Å². The number of hydrogen-bond donors (Lipinski definition) is 1. The number of hydrogen-bond acceptors (Lipinski definition) is 1. The van der Waals surface area contributed by atoms with E-state index in [0.717, 1.165) is 0 Å². The fraction of sp³-hybridized carbons (Fsp3) is 0. The maximum absolute atomic E-state index is 16.1. The molecule has 1 N–H and O–H groups in total. The van der Waals surface area contributed by atoms with Crippen LogP contribution in [0, 0.1) is 0 Å². The predicted octanol–water partition coefficient (Wildman–Crippen LogP) is 4.92. The summed E-state index contributed by atoms with van der Waals surface area (Å²) in [6.07, 6.45) is -2.33. The Morgan fingerprint density at radius 3 is 1.04 bits per heavy atom. The molecule has 0 aromatic heterocycles. The first kappa shape index (κ1) is 18.7. The van der Waals surface area contributed by atoms with Crippen LogP contribution in [0.25, 0.3) is 0 Å². The van der Waals surface area contributed by atoms with E-state index in [9.17, 15) is 4.39 Å². The third-order valence-electron chi connectivity index (χ3n) is 3.63. The van der Waals surface area contributed by atoms with E-state index in [4.69, 9.17) is 9.90 Å². The zero-order chi connectivity index (χ0) is 18.4. The van der Waals surface area contributed by atoms with E-state index in [1.54, 1.807) is 54.6 Å². The standard InChI is InChI=1S/C18H15F2P.CHFO2/c19-21(20,16-10-4-1-5-11-16,17-12-6-2-7-13-17)18-14-8-3-9-15-18;2-1(3)4/h1-15H;(H,3,4). The van der Waals surface area contributed by atoms with E-state index >= 15 is 8.39 Å². The second-order valence-electron chi connectivity index (χ2n) is 5.17. The number of carboxylic acid groups (broad SMARTS) is 1. The monoisotopic (exact) mass is 364 g/mol. The van der Waals surface area contributed by atoms with Crippen molar-refractivity contribution in [1.29, 1.82) is 0 Å². The van der Waals surface area contributed by atoms with E-state index in [-0.39, 0.29) is 15.9 Å². The molecular weight excluding hydrogens is 348 g/mol. The van der Waals surface area contributed by atoms with E-state index < -0.39 is 13.4 Å². The van der Waals surface area contributed by atoms with E-state index in [1.807, 2.05) is 0 Å². The molecule has 0 radical (unpaired) electrons. The molecule has 2 nitrogen and oxygen atoms in total. The van der Waals surface area contributed by atoms with Gasteiger partial charge in [0.1, 0.15) is 0 Å². The van der Waals surface area contributed by atoms with Crippen molar-refractivity contribution in [3.8, 4) is 0 Å². The van der Waals surface area contributed by atoms with Gasteiger partial charge in [-0.2, -0.15) is 0 Å². The molecule has 0 aliphatic heterocycles. The molecule has 0 bridgehead atoms. The molecule has 25 heavy (non-hydrogen) atoms. The third-order valence-corrected chi connectivity index (χ3v) is 7.24. The third kappa shape index (κ3) is 3.89. The quantitative estimate of drug-likeness (QED) is 0.529. The minimum atomic E-state index is -5.37. The van der Waals surface area contributed by atoms with E-state index in [0.29, 0.717) is 0 Å². The topological polar surface area (TPSA) is 37.3 Å². The van der Waals surface area contributed by atoms with Crippen LogP contribution in [0.4, 0.5) is 17.6 Å².